The van der Waals surface area contributed by atoms with Crippen molar-refractivity contribution in [3.63, 3.8) is 0 Å². The van der Waals surface area contributed by atoms with Crippen LogP contribution in [0.25, 0.3) is 0 Å². The normalized spacial score (nSPS) is 17.9. The SMILES string of the molecule is CC(CN(C)C)NC(=O)CCNC1CC1. The molecule has 1 fully saturated rings. The van der Waals surface area contributed by atoms with Gasteiger partial charge in [0.1, 0.15) is 0 Å². The summed E-state index contributed by atoms with van der Waals surface area (Å²) >= 11 is 0. The van der Waals surface area contributed by atoms with Gasteiger partial charge in [-0.2, -0.15) is 0 Å². The predicted molar refractivity (Wildman–Crippen MR) is 61.8 cm³/mol. The summed E-state index contributed by atoms with van der Waals surface area (Å²) in [5.74, 6) is 0.150. The minimum atomic E-state index is 0.150. The van der Waals surface area contributed by atoms with Crippen LogP contribution in [0.5, 0.6) is 0 Å². The first-order chi connectivity index (χ1) is 7.08. The number of nitrogens with one attached hydrogen (secondary N) is 2. The van der Waals surface area contributed by atoms with Crippen LogP contribution in [0.1, 0.15) is 26.2 Å². The van der Waals surface area contributed by atoms with E-state index in [1.165, 1.54) is 12.8 Å². The van der Waals surface area contributed by atoms with Crippen LogP contribution in [0, 0.1) is 0 Å². The van der Waals surface area contributed by atoms with E-state index in [1.807, 2.05) is 21.0 Å². The molecule has 1 saturated carbocycles. The summed E-state index contributed by atoms with van der Waals surface area (Å²) in [5.41, 5.74) is 0. The molecule has 4 heteroatoms. The van der Waals surface area contributed by atoms with Crippen molar-refractivity contribution in [2.75, 3.05) is 27.2 Å². The second-order valence-electron chi connectivity index (χ2n) is 4.71. The van der Waals surface area contributed by atoms with Crippen molar-refractivity contribution in [2.24, 2.45) is 0 Å². The highest BCUT2D eigenvalue weighted by molar-refractivity contribution is 5.76. The van der Waals surface area contributed by atoms with Gasteiger partial charge in [0.25, 0.3) is 0 Å². The molecule has 0 radical (unpaired) electrons. The molecule has 15 heavy (non-hydrogen) atoms. The first-order valence-electron chi connectivity index (χ1n) is 5.75. The molecule has 0 aliphatic heterocycles. The largest absolute Gasteiger partial charge is 0.352 e. The lowest BCUT2D eigenvalue weighted by molar-refractivity contribution is -0.121. The molecule has 1 aliphatic carbocycles. The number of rotatable bonds is 7. The molecular formula is C11H23N3O. The maximum atomic E-state index is 11.5. The third kappa shape index (κ3) is 6.47. The molecule has 1 rings (SSSR count). The molecule has 1 amide bonds. The second kappa shape index (κ2) is 6.08. The Kier molecular flexibility index (Phi) is 5.05. The van der Waals surface area contributed by atoms with Crippen LogP contribution in [0.4, 0.5) is 0 Å². The van der Waals surface area contributed by atoms with Gasteiger partial charge in [0.15, 0.2) is 0 Å². The minimum Gasteiger partial charge on any atom is -0.352 e. The van der Waals surface area contributed by atoms with Crippen LogP contribution in [-0.2, 0) is 4.79 Å². The first kappa shape index (κ1) is 12.5. The lowest BCUT2D eigenvalue weighted by atomic mass is 10.3. The van der Waals surface area contributed by atoms with E-state index in [2.05, 4.69) is 15.5 Å². The number of carbonyl (C=O) groups is 1. The summed E-state index contributed by atoms with van der Waals surface area (Å²) in [5, 5.41) is 6.32. The lowest BCUT2D eigenvalue weighted by Gasteiger charge is -2.18. The van der Waals surface area contributed by atoms with Gasteiger partial charge in [-0.15, -0.1) is 0 Å². The molecule has 2 N–H and O–H groups in total. The Morgan fingerprint density at radius 3 is 2.67 bits per heavy atom. The van der Waals surface area contributed by atoms with Crippen LogP contribution >= 0.6 is 0 Å². The smallest absolute Gasteiger partial charge is 0.221 e. The Morgan fingerprint density at radius 2 is 2.13 bits per heavy atom. The first-order valence-corrected chi connectivity index (χ1v) is 5.75. The van der Waals surface area contributed by atoms with Gasteiger partial charge in [0.05, 0.1) is 0 Å². The Labute approximate surface area is 92.4 Å². The van der Waals surface area contributed by atoms with E-state index < -0.39 is 0 Å². The highest BCUT2D eigenvalue weighted by atomic mass is 16.1. The highest BCUT2D eigenvalue weighted by Gasteiger charge is 2.20. The number of likely N-dealkylation sites (N-methyl/N-ethyl adjacent to an activating group) is 1. The van der Waals surface area contributed by atoms with Gasteiger partial charge in [0, 0.05) is 31.6 Å². The van der Waals surface area contributed by atoms with E-state index >= 15 is 0 Å². The Bertz CT molecular complexity index is 202. The monoisotopic (exact) mass is 213 g/mol. The molecule has 88 valence electrons. The number of nitrogens with zero attached hydrogens (tertiary/aromatic N) is 1. The lowest BCUT2D eigenvalue weighted by Crippen LogP contribution is -2.40. The zero-order valence-electron chi connectivity index (χ0n) is 10.0. The topological polar surface area (TPSA) is 44.4 Å². The third-order valence-electron chi connectivity index (χ3n) is 2.41. The van der Waals surface area contributed by atoms with E-state index in [0.717, 1.165) is 13.1 Å². The van der Waals surface area contributed by atoms with Crippen molar-refractivity contribution in [1.29, 1.82) is 0 Å². The summed E-state index contributed by atoms with van der Waals surface area (Å²) in [4.78, 5) is 13.5. The van der Waals surface area contributed by atoms with Crippen LogP contribution in [-0.4, -0.2) is 50.1 Å². The van der Waals surface area contributed by atoms with Gasteiger partial charge in [0.2, 0.25) is 5.91 Å². The molecule has 0 aromatic carbocycles. The molecule has 0 aromatic rings. The van der Waals surface area contributed by atoms with Gasteiger partial charge in [-0.1, -0.05) is 0 Å². The van der Waals surface area contributed by atoms with Gasteiger partial charge in [-0.3, -0.25) is 4.79 Å². The van der Waals surface area contributed by atoms with Gasteiger partial charge < -0.3 is 15.5 Å². The number of hydrogen-bond donors (Lipinski definition) is 2. The molecule has 0 bridgehead atoms. The van der Waals surface area contributed by atoms with Crippen molar-refractivity contribution in [1.82, 2.24) is 15.5 Å². The van der Waals surface area contributed by atoms with Crippen LogP contribution in [0.3, 0.4) is 0 Å². The number of amides is 1. The summed E-state index contributed by atoms with van der Waals surface area (Å²) in [6.07, 6.45) is 3.14. The van der Waals surface area contributed by atoms with Crippen molar-refractivity contribution in [3.8, 4) is 0 Å². The van der Waals surface area contributed by atoms with Gasteiger partial charge in [-0.25, -0.2) is 0 Å². The van der Waals surface area contributed by atoms with Crippen molar-refractivity contribution < 1.29 is 4.79 Å². The quantitative estimate of drug-likeness (QED) is 0.635. The summed E-state index contributed by atoms with van der Waals surface area (Å²) in [6.45, 7) is 3.74. The third-order valence-corrected chi connectivity index (χ3v) is 2.41. The number of carbonyl (C=O) groups excluding carboxylic acids is 1. The molecular weight excluding hydrogens is 190 g/mol. The van der Waals surface area contributed by atoms with E-state index in [0.29, 0.717) is 12.5 Å². The standard InChI is InChI=1S/C11H23N3O/c1-9(8-14(2)3)13-11(15)6-7-12-10-4-5-10/h9-10,12H,4-8H2,1-3H3,(H,13,15). The van der Waals surface area contributed by atoms with Crippen LogP contribution in [0.2, 0.25) is 0 Å². The predicted octanol–water partition coefficient (Wildman–Crippen LogP) is 0.195. The fraction of sp³-hybridized carbons (Fsp3) is 0.909. The molecule has 0 spiro atoms. The second-order valence-corrected chi connectivity index (χ2v) is 4.71. The summed E-state index contributed by atoms with van der Waals surface area (Å²) < 4.78 is 0. The average Bonchev–Trinajstić information content (AvgIpc) is 2.85. The van der Waals surface area contributed by atoms with E-state index in [1.54, 1.807) is 0 Å². The van der Waals surface area contributed by atoms with Crippen molar-refractivity contribution in [2.45, 2.75) is 38.3 Å². The Balaban J connectivity index is 2.00. The minimum absolute atomic E-state index is 0.150. The van der Waals surface area contributed by atoms with Crippen LogP contribution < -0.4 is 10.6 Å². The molecule has 1 atom stereocenters. The molecule has 4 nitrogen and oxygen atoms in total. The fourth-order valence-corrected chi connectivity index (χ4v) is 1.62. The molecule has 1 unspecified atom stereocenters. The van der Waals surface area contributed by atoms with Crippen molar-refractivity contribution >= 4 is 5.91 Å². The Hall–Kier alpha value is -0.610. The maximum absolute atomic E-state index is 11.5. The van der Waals surface area contributed by atoms with E-state index in [-0.39, 0.29) is 11.9 Å². The van der Waals surface area contributed by atoms with Crippen molar-refractivity contribution in [3.05, 3.63) is 0 Å². The summed E-state index contributed by atoms with van der Waals surface area (Å²) in [6, 6.07) is 0.922. The molecule has 0 heterocycles. The van der Waals surface area contributed by atoms with E-state index in [9.17, 15) is 4.79 Å². The molecule has 0 saturated heterocycles. The Morgan fingerprint density at radius 1 is 1.47 bits per heavy atom. The zero-order chi connectivity index (χ0) is 11.3. The maximum Gasteiger partial charge on any atom is 0.221 e. The number of hydrogen-bond acceptors (Lipinski definition) is 3. The highest BCUT2D eigenvalue weighted by Crippen LogP contribution is 2.18. The van der Waals surface area contributed by atoms with Gasteiger partial charge >= 0.3 is 0 Å². The van der Waals surface area contributed by atoms with Gasteiger partial charge in [-0.05, 0) is 33.9 Å². The molecule has 0 aromatic heterocycles. The molecule has 1 aliphatic rings. The van der Waals surface area contributed by atoms with Crippen LogP contribution in [0.15, 0.2) is 0 Å². The van der Waals surface area contributed by atoms with E-state index in [4.69, 9.17) is 0 Å². The zero-order valence-corrected chi connectivity index (χ0v) is 10.0. The average molecular weight is 213 g/mol. The summed E-state index contributed by atoms with van der Waals surface area (Å²) in [7, 11) is 4.02. The fourth-order valence-electron chi connectivity index (χ4n) is 1.62.